The monoisotopic (exact) mass is 115 g/mol. The molecule has 0 spiro atoms. The van der Waals surface area contributed by atoms with Crippen molar-refractivity contribution in [2.24, 2.45) is 0 Å². The second kappa shape index (κ2) is 2.65. The lowest BCUT2D eigenvalue weighted by Crippen LogP contribution is -2.21. The van der Waals surface area contributed by atoms with Crippen LogP contribution in [0.25, 0.3) is 0 Å². The summed E-state index contributed by atoms with van der Waals surface area (Å²) < 4.78 is 0. The van der Waals surface area contributed by atoms with Gasteiger partial charge in [-0.1, -0.05) is 0 Å². The highest BCUT2D eigenvalue weighted by Crippen LogP contribution is 2.04. The van der Waals surface area contributed by atoms with Crippen molar-refractivity contribution in [3.63, 3.8) is 0 Å². The Morgan fingerprint density at radius 2 is 2.12 bits per heavy atom. The van der Waals surface area contributed by atoms with Crippen molar-refractivity contribution in [3.05, 3.63) is 0 Å². The Morgan fingerprint density at radius 3 is 2.25 bits per heavy atom. The number of hydrogen-bond acceptors (Lipinski definition) is 3. The Bertz CT molecular complexity index is 98.0. The molecule has 3 heteroatoms. The van der Waals surface area contributed by atoms with Crippen molar-refractivity contribution in [1.29, 1.82) is 5.26 Å². The van der Waals surface area contributed by atoms with E-state index in [0.29, 0.717) is 0 Å². The Morgan fingerprint density at radius 1 is 1.62 bits per heavy atom. The standard InChI is InChI=1S/C5H9NO2/c1-5(7,8)3-2-4-6/h7-8H,2-3H2,1H3. The predicted octanol–water partition coefficient (Wildman–Crippen LogP) is -0.00902. The first-order valence-corrected chi connectivity index (χ1v) is 2.38. The fraction of sp³-hybridized carbons (Fsp3) is 0.800. The minimum atomic E-state index is -1.67. The molecule has 0 aliphatic carbocycles. The zero-order valence-electron chi connectivity index (χ0n) is 4.76. The molecule has 0 aromatic heterocycles. The van der Waals surface area contributed by atoms with Gasteiger partial charge in [-0.25, -0.2) is 0 Å². The first-order valence-electron chi connectivity index (χ1n) is 2.38. The summed E-state index contributed by atoms with van der Waals surface area (Å²) >= 11 is 0. The Labute approximate surface area is 48.2 Å². The van der Waals surface area contributed by atoms with Crippen molar-refractivity contribution in [3.8, 4) is 6.07 Å². The average molecular weight is 115 g/mol. The van der Waals surface area contributed by atoms with Crippen LogP contribution in [0.15, 0.2) is 0 Å². The minimum Gasteiger partial charge on any atom is -0.366 e. The van der Waals surface area contributed by atoms with E-state index in [1.807, 2.05) is 0 Å². The van der Waals surface area contributed by atoms with Gasteiger partial charge in [0.15, 0.2) is 5.79 Å². The Hall–Kier alpha value is -0.590. The van der Waals surface area contributed by atoms with E-state index in [1.165, 1.54) is 6.92 Å². The predicted molar refractivity (Wildman–Crippen MR) is 27.7 cm³/mol. The highest BCUT2D eigenvalue weighted by molar-refractivity contribution is 4.72. The molecule has 0 unspecified atom stereocenters. The van der Waals surface area contributed by atoms with Gasteiger partial charge < -0.3 is 10.2 Å². The third-order valence-electron chi connectivity index (χ3n) is 0.710. The van der Waals surface area contributed by atoms with Crippen molar-refractivity contribution in [1.82, 2.24) is 0 Å². The molecular weight excluding hydrogens is 106 g/mol. The molecule has 0 heterocycles. The van der Waals surface area contributed by atoms with Gasteiger partial charge in [0.1, 0.15) is 0 Å². The van der Waals surface area contributed by atoms with Gasteiger partial charge in [0.2, 0.25) is 0 Å². The second-order valence-corrected chi connectivity index (χ2v) is 1.88. The molecule has 0 aliphatic rings. The molecule has 0 aliphatic heterocycles. The molecule has 0 saturated heterocycles. The summed E-state index contributed by atoms with van der Waals surface area (Å²) in [4.78, 5) is 0. The summed E-state index contributed by atoms with van der Waals surface area (Å²) in [5.74, 6) is -1.67. The van der Waals surface area contributed by atoms with Crippen LogP contribution >= 0.6 is 0 Å². The van der Waals surface area contributed by atoms with Gasteiger partial charge in [-0.2, -0.15) is 5.26 Å². The van der Waals surface area contributed by atoms with Gasteiger partial charge in [0.25, 0.3) is 0 Å². The van der Waals surface area contributed by atoms with E-state index in [-0.39, 0.29) is 12.8 Å². The molecule has 2 N–H and O–H groups in total. The van der Waals surface area contributed by atoms with Gasteiger partial charge in [-0.05, 0) is 6.92 Å². The smallest absolute Gasteiger partial charge is 0.160 e. The molecule has 0 atom stereocenters. The summed E-state index contributed by atoms with van der Waals surface area (Å²) in [6.07, 6.45) is 0.299. The highest BCUT2D eigenvalue weighted by atomic mass is 16.5. The number of hydrogen-bond donors (Lipinski definition) is 2. The molecule has 0 fully saturated rings. The van der Waals surface area contributed by atoms with Crippen LogP contribution in [0.1, 0.15) is 19.8 Å². The maximum absolute atomic E-state index is 8.55. The Balaban J connectivity index is 3.28. The minimum absolute atomic E-state index is 0.115. The van der Waals surface area contributed by atoms with Gasteiger partial charge in [0.05, 0.1) is 6.07 Å². The largest absolute Gasteiger partial charge is 0.366 e. The van der Waals surface area contributed by atoms with Crippen LogP contribution in [0, 0.1) is 11.3 Å². The fourth-order valence-electron chi connectivity index (χ4n) is 0.293. The van der Waals surface area contributed by atoms with Crippen molar-refractivity contribution in [2.45, 2.75) is 25.6 Å². The molecule has 0 radical (unpaired) electrons. The van der Waals surface area contributed by atoms with E-state index in [4.69, 9.17) is 15.5 Å². The van der Waals surface area contributed by atoms with Gasteiger partial charge >= 0.3 is 0 Å². The lowest BCUT2D eigenvalue weighted by atomic mass is 10.2. The van der Waals surface area contributed by atoms with Crippen LogP contribution in [-0.2, 0) is 0 Å². The first-order chi connectivity index (χ1) is 3.56. The zero-order chi connectivity index (χ0) is 6.62. The van der Waals surface area contributed by atoms with Crippen LogP contribution in [0.5, 0.6) is 0 Å². The van der Waals surface area contributed by atoms with Crippen molar-refractivity contribution < 1.29 is 10.2 Å². The molecule has 3 nitrogen and oxygen atoms in total. The maximum Gasteiger partial charge on any atom is 0.160 e. The molecule has 8 heavy (non-hydrogen) atoms. The van der Waals surface area contributed by atoms with Crippen LogP contribution in [0.2, 0.25) is 0 Å². The molecule has 0 rings (SSSR count). The zero-order valence-corrected chi connectivity index (χ0v) is 4.76. The molecular formula is C5H9NO2. The number of nitrogens with zero attached hydrogens (tertiary/aromatic N) is 1. The molecule has 46 valence electrons. The lowest BCUT2D eigenvalue weighted by molar-refractivity contribution is -0.148. The third kappa shape index (κ3) is 5.41. The quantitative estimate of drug-likeness (QED) is 0.497. The van der Waals surface area contributed by atoms with E-state index in [1.54, 1.807) is 6.07 Å². The van der Waals surface area contributed by atoms with E-state index in [9.17, 15) is 0 Å². The van der Waals surface area contributed by atoms with Crippen LogP contribution < -0.4 is 0 Å². The summed E-state index contributed by atoms with van der Waals surface area (Å²) in [6.45, 7) is 1.25. The van der Waals surface area contributed by atoms with E-state index < -0.39 is 5.79 Å². The van der Waals surface area contributed by atoms with Crippen LogP contribution in [0.3, 0.4) is 0 Å². The summed E-state index contributed by atoms with van der Waals surface area (Å²) in [7, 11) is 0. The number of nitriles is 1. The van der Waals surface area contributed by atoms with Crippen molar-refractivity contribution in [2.75, 3.05) is 0 Å². The lowest BCUT2D eigenvalue weighted by Gasteiger charge is -2.11. The summed E-state index contributed by atoms with van der Waals surface area (Å²) in [6, 6.07) is 1.80. The summed E-state index contributed by atoms with van der Waals surface area (Å²) in [5, 5.41) is 25.1. The van der Waals surface area contributed by atoms with E-state index in [2.05, 4.69) is 0 Å². The van der Waals surface area contributed by atoms with Gasteiger partial charge in [-0.15, -0.1) is 0 Å². The number of aliphatic hydroxyl groups is 2. The average Bonchev–Trinajstić information content (AvgIpc) is 1.59. The molecule has 0 saturated carbocycles. The molecule has 0 aromatic carbocycles. The van der Waals surface area contributed by atoms with E-state index in [0.717, 1.165) is 0 Å². The topological polar surface area (TPSA) is 64.2 Å². The van der Waals surface area contributed by atoms with Crippen LogP contribution in [0.4, 0.5) is 0 Å². The maximum atomic E-state index is 8.55. The second-order valence-electron chi connectivity index (χ2n) is 1.88. The fourth-order valence-corrected chi connectivity index (χ4v) is 0.293. The SMILES string of the molecule is CC(O)(O)CCC#N. The van der Waals surface area contributed by atoms with Crippen LogP contribution in [-0.4, -0.2) is 16.0 Å². The van der Waals surface area contributed by atoms with Gasteiger partial charge in [-0.3, -0.25) is 0 Å². The van der Waals surface area contributed by atoms with Crippen molar-refractivity contribution >= 4 is 0 Å². The Kier molecular flexibility index (Phi) is 2.46. The third-order valence-corrected chi connectivity index (χ3v) is 0.710. The normalized spacial score (nSPS) is 10.8. The molecule has 0 bridgehead atoms. The first kappa shape index (κ1) is 7.41. The highest BCUT2D eigenvalue weighted by Gasteiger charge is 2.12. The van der Waals surface area contributed by atoms with E-state index >= 15 is 0 Å². The molecule has 0 amide bonds. The molecule has 0 aromatic rings. The number of rotatable bonds is 2. The summed E-state index contributed by atoms with van der Waals surface area (Å²) in [5.41, 5.74) is 0. The van der Waals surface area contributed by atoms with Gasteiger partial charge in [0, 0.05) is 12.8 Å².